The molecule has 0 bridgehead atoms. The lowest BCUT2D eigenvalue weighted by Crippen LogP contribution is -2.11. The van der Waals surface area contributed by atoms with Gasteiger partial charge in [-0.05, 0) is 31.5 Å². The third-order valence-electron chi connectivity index (χ3n) is 2.80. The molecule has 0 unspecified atom stereocenters. The lowest BCUT2D eigenvalue weighted by atomic mass is 10.1. The van der Waals surface area contributed by atoms with Gasteiger partial charge in [-0.15, -0.1) is 0 Å². The highest BCUT2D eigenvalue weighted by atomic mass is 79.9. The lowest BCUT2D eigenvalue weighted by Gasteiger charge is -2.05. The van der Waals surface area contributed by atoms with Crippen LogP contribution in [0.15, 0.2) is 34.8 Å². The number of aryl methyl sites for hydroxylation is 2. The molecule has 0 spiro atoms. The third kappa shape index (κ3) is 2.70. The molecule has 94 valence electrons. The van der Waals surface area contributed by atoms with Crippen LogP contribution < -0.4 is 0 Å². The van der Waals surface area contributed by atoms with Crippen molar-refractivity contribution in [2.24, 2.45) is 0 Å². The number of halogens is 1. The van der Waals surface area contributed by atoms with Gasteiger partial charge in [-0.3, -0.25) is 9.48 Å². The van der Waals surface area contributed by atoms with Gasteiger partial charge in [0, 0.05) is 17.4 Å². The zero-order valence-corrected chi connectivity index (χ0v) is 12.1. The van der Waals surface area contributed by atoms with E-state index in [1.54, 1.807) is 4.68 Å². The van der Waals surface area contributed by atoms with Crippen molar-refractivity contribution in [3.05, 3.63) is 51.8 Å². The monoisotopic (exact) mass is 306 g/mol. The zero-order chi connectivity index (χ0) is 13.1. The summed E-state index contributed by atoms with van der Waals surface area (Å²) in [6.07, 6.45) is 0.395. The zero-order valence-electron chi connectivity index (χ0n) is 10.5. The van der Waals surface area contributed by atoms with E-state index in [9.17, 15) is 4.79 Å². The average Bonchev–Trinajstić information content (AvgIpc) is 2.73. The number of carbonyl (C=O) groups is 1. The number of hydrogen-bond acceptors (Lipinski definition) is 2. The minimum atomic E-state index is 0.101. The van der Waals surface area contributed by atoms with Gasteiger partial charge in [0.2, 0.25) is 0 Å². The molecule has 0 aliphatic carbocycles. The van der Waals surface area contributed by atoms with Crippen molar-refractivity contribution < 1.29 is 4.79 Å². The molecule has 2 rings (SSSR count). The van der Waals surface area contributed by atoms with Crippen LogP contribution in [0.25, 0.3) is 0 Å². The molecular weight excluding hydrogens is 292 g/mol. The fourth-order valence-corrected chi connectivity index (χ4v) is 2.34. The number of ketones is 1. The van der Waals surface area contributed by atoms with Crippen LogP contribution in [-0.2, 0) is 13.0 Å². The largest absolute Gasteiger partial charge is 0.292 e. The van der Waals surface area contributed by atoms with E-state index in [2.05, 4.69) is 21.0 Å². The normalized spacial score (nSPS) is 10.6. The maximum atomic E-state index is 12.3. The molecule has 18 heavy (non-hydrogen) atoms. The molecule has 0 aliphatic heterocycles. The molecule has 0 aliphatic rings. The van der Waals surface area contributed by atoms with Crippen molar-refractivity contribution in [3.63, 3.8) is 0 Å². The maximum Gasteiger partial charge on any atom is 0.185 e. The summed E-state index contributed by atoms with van der Waals surface area (Å²) in [5, 5.41) is 4.30. The van der Waals surface area contributed by atoms with E-state index in [0.717, 1.165) is 15.7 Å². The van der Waals surface area contributed by atoms with E-state index in [1.807, 2.05) is 44.2 Å². The molecule has 0 saturated carbocycles. The smallest absolute Gasteiger partial charge is 0.185 e. The van der Waals surface area contributed by atoms with Gasteiger partial charge in [-0.2, -0.15) is 5.10 Å². The summed E-state index contributed by atoms with van der Waals surface area (Å²) < 4.78 is 2.73. The molecule has 0 amide bonds. The van der Waals surface area contributed by atoms with Gasteiger partial charge < -0.3 is 0 Å². The Balaban J connectivity index is 2.25. The summed E-state index contributed by atoms with van der Waals surface area (Å²) >= 11 is 3.46. The summed E-state index contributed by atoms with van der Waals surface area (Å²) in [5.74, 6) is 0.101. The highest BCUT2D eigenvalue weighted by Crippen LogP contribution is 2.18. The topological polar surface area (TPSA) is 34.9 Å². The Hall–Kier alpha value is -1.42. The van der Waals surface area contributed by atoms with Gasteiger partial charge in [-0.25, -0.2) is 0 Å². The van der Waals surface area contributed by atoms with Gasteiger partial charge in [0.15, 0.2) is 5.78 Å². The van der Waals surface area contributed by atoms with Crippen molar-refractivity contribution >= 4 is 21.7 Å². The van der Waals surface area contributed by atoms with Crippen LogP contribution in [-0.4, -0.2) is 15.6 Å². The summed E-state index contributed by atoms with van der Waals surface area (Å²) in [6.45, 7) is 4.61. The predicted octanol–water partition coefficient (Wildman–Crippen LogP) is 3.40. The molecular formula is C14H15BrN2O. The highest BCUT2D eigenvalue weighted by Gasteiger charge is 2.14. The Labute approximate surface area is 115 Å². The van der Waals surface area contributed by atoms with Gasteiger partial charge >= 0.3 is 0 Å². The maximum absolute atomic E-state index is 12.3. The van der Waals surface area contributed by atoms with E-state index in [0.29, 0.717) is 18.7 Å². The quantitative estimate of drug-likeness (QED) is 0.812. The number of Topliss-reactive ketones (excluding diaryl/α,β-unsaturated/α-hetero) is 1. The Bertz CT molecular complexity index is 575. The van der Waals surface area contributed by atoms with Gasteiger partial charge in [0.1, 0.15) is 5.69 Å². The second kappa shape index (κ2) is 5.48. The molecule has 4 heteroatoms. The molecule has 0 radical (unpaired) electrons. The van der Waals surface area contributed by atoms with Crippen LogP contribution in [0.5, 0.6) is 0 Å². The van der Waals surface area contributed by atoms with Crippen molar-refractivity contribution in [2.75, 3.05) is 0 Å². The average molecular weight is 307 g/mol. The minimum Gasteiger partial charge on any atom is -0.292 e. The van der Waals surface area contributed by atoms with E-state index in [1.165, 1.54) is 0 Å². The number of aromatic nitrogens is 2. The highest BCUT2D eigenvalue weighted by molar-refractivity contribution is 9.10. The summed E-state index contributed by atoms with van der Waals surface area (Å²) in [6, 6.07) is 9.64. The van der Waals surface area contributed by atoms with Gasteiger partial charge in [0.25, 0.3) is 0 Å². The van der Waals surface area contributed by atoms with Crippen LogP contribution in [0.1, 0.15) is 28.7 Å². The second-order valence-corrected chi connectivity index (χ2v) is 5.03. The molecule has 0 N–H and O–H groups in total. The van der Waals surface area contributed by atoms with Crippen LogP contribution in [0.3, 0.4) is 0 Å². The summed E-state index contributed by atoms with van der Waals surface area (Å²) in [7, 11) is 0. The number of rotatable bonds is 4. The van der Waals surface area contributed by atoms with Crippen LogP contribution in [0.4, 0.5) is 0 Å². The molecule has 1 aromatic carbocycles. The Morgan fingerprint density at radius 3 is 2.78 bits per heavy atom. The molecule has 0 saturated heterocycles. The fraction of sp³-hybridized carbons (Fsp3) is 0.286. The molecule has 2 aromatic rings. The Morgan fingerprint density at radius 1 is 1.39 bits per heavy atom. The standard InChI is InChI=1S/C14H15BrN2O/c1-3-17-13(8-10(2)16-17)14(18)9-11-6-4-5-7-12(11)15/h4-8H,3,9H2,1-2H3. The lowest BCUT2D eigenvalue weighted by molar-refractivity contribution is 0.0982. The van der Waals surface area contributed by atoms with Crippen molar-refractivity contribution in [1.82, 2.24) is 9.78 Å². The second-order valence-electron chi connectivity index (χ2n) is 4.18. The predicted molar refractivity (Wildman–Crippen MR) is 74.8 cm³/mol. The minimum absolute atomic E-state index is 0.101. The first-order valence-corrected chi connectivity index (χ1v) is 6.72. The Morgan fingerprint density at radius 2 is 2.11 bits per heavy atom. The fourth-order valence-electron chi connectivity index (χ4n) is 1.92. The van der Waals surface area contributed by atoms with Crippen LogP contribution in [0.2, 0.25) is 0 Å². The summed E-state index contributed by atoms with van der Waals surface area (Å²) in [5.41, 5.74) is 2.57. The first-order chi connectivity index (χ1) is 8.61. The number of benzene rings is 1. The van der Waals surface area contributed by atoms with Gasteiger partial charge in [0.05, 0.1) is 5.69 Å². The third-order valence-corrected chi connectivity index (χ3v) is 3.57. The van der Waals surface area contributed by atoms with Crippen LogP contribution in [0, 0.1) is 6.92 Å². The number of hydrogen-bond donors (Lipinski definition) is 0. The Kier molecular flexibility index (Phi) is 3.97. The van der Waals surface area contributed by atoms with E-state index in [-0.39, 0.29) is 5.78 Å². The first kappa shape index (κ1) is 13.0. The number of nitrogens with zero attached hydrogens (tertiary/aromatic N) is 2. The molecule has 1 heterocycles. The van der Waals surface area contributed by atoms with E-state index >= 15 is 0 Å². The van der Waals surface area contributed by atoms with Crippen molar-refractivity contribution in [2.45, 2.75) is 26.8 Å². The van der Waals surface area contributed by atoms with E-state index in [4.69, 9.17) is 0 Å². The molecule has 3 nitrogen and oxygen atoms in total. The van der Waals surface area contributed by atoms with E-state index < -0.39 is 0 Å². The summed E-state index contributed by atoms with van der Waals surface area (Å²) in [4.78, 5) is 12.3. The first-order valence-electron chi connectivity index (χ1n) is 5.93. The van der Waals surface area contributed by atoms with Crippen molar-refractivity contribution in [1.29, 1.82) is 0 Å². The van der Waals surface area contributed by atoms with Gasteiger partial charge in [-0.1, -0.05) is 34.1 Å². The molecule has 0 atom stereocenters. The molecule has 1 aromatic heterocycles. The van der Waals surface area contributed by atoms with Crippen molar-refractivity contribution in [3.8, 4) is 0 Å². The number of carbonyl (C=O) groups excluding carboxylic acids is 1. The molecule has 0 fully saturated rings. The SMILES string of the molecule is CCn1nc(C)cc1C(=O)Cc1ccccc1Br. The van der Waals surface area contributed by atoms with Crippen LogP contribution >= 0.6 is 15.9 Å².